The molecule has 5 nitrogen and oxygen atoms in total. The van der Waals surface area contributed by atoms with Gasteiger partial charge in [0.2, 0.25) is 9.84 Å². The number of fused-ring (bicyclic) bond motifs is 2. The van der Waals surface area contributed by atoms with Crippen LogP contribution >= 0.6 is 8.60 Å². The van der Waals surface area contributed by atoms with Crippen molar-refractivity contribution in [3.8, 4) is 17.2 Å². The maximum Gasteiger partial charge on any atom is 0.530 e. The van der Waals surface area contributed by atoms with Crippen molar-refractivity contribution in [2.75, 3.05) is 0 Å². The third kappa shape index (κ3) is 8.93. The van der Waals surface area contributed by atoms with E-state index in [2.05, 4.69) is 144 Å². The maximum absolute atomic E-state index is 14.2. The molecule has 6 rings (SSSR count). The van der Waals surface area contributed by atoms with Crippen LogP contribution < -0.4 is 13.6 Å². The first-order valence-corrected chi connectivity index (χ1v) is 21.9. The summed E-state index contributed by atoms with van der Waals surface area (Å²) in [4.78, 5) is 0.223. The molecule has 0 saturated heterocycles. The number of sulfone groups is 1. The van der Waals surface area contributed by atoms with Crippen LogP contribution in [0.3, 0.4) is 0 Å². The SMILES string of the molecule is Cc1ccc(S(=O)(=O)c2ccccc2OP(Oc2cc3ccc(C(C)(C)C)cc3cc2C(C)(C)C)Oc2cc3ccc(C(C)(C)C)cc3cc2C(C)(C)C)cc1. The van der Waals surface area contributed by atoms with Gasteiger partial charge in [0.25, 0.3) is 0 Å². The summed E-state index contributed by atoms with van der Waals surface area (Å²) in [7, 11) is -6.23. The Bertz CT molecular complexity index is 2390. The summed E-state index contributed by atoms with van der Waals surface area (Å²) < 4.78 is 48.9. The van der Waals surface area contributed by atoms with Gasteiger partial charge in [0.15, 0.2) is 0 Å². The number of hydrogen-bond donors (Lipinski definition) is 0. The zero-order valence-electron chi connectivity index (χ0n) is 35.3. The zero-order valence-corrected chi connectivity index (χ0v) is 37.0. The van der Waals surface area contributed by atoms with Gasteiger partial charge in [-0.25, -0.2) is 8.42 Å². The summed E-state index contributed by atoms with van der Waals surface area (Å²) in [6.45, 7) is 28.2. The average Bonchev–Trinajstić information content (AvgIpc) is 3.09. The standard InChI is InChI=1S/C49H57O5PS/c1-32-18-24-39(25-19-32)56(50,51)45-17-15-14-16-42(45)52-55(53-43-30-33-20-22-37(46(2,3)4)26-35(33)28-40(43)48(8,9)10)54-44-31-34-21-23-38(47(5,6)7)27-36(34)29-41(44)49(11,12)13/h14-31H,1-13H3. The maximum atomic E-state index is 14.2. The van der Waals surface area contributed by atoms with E-state index < -0.39 is 18.4 Å². The van der Waals surface area contributed by atoms with Crippen LogP contribution in [0.1, 0.15) is 111 Å². The van der Waals surface area contributed by atoms with Gasteiger partial charge in [-0.15, -0.1) is 0 Å². The van der Waals surface area contributed by atoms with Crippen molar-refractivity contribution < 1.29 is 22.0 Å². The predicted octanol–water partition coefficient (Wildman–Crippen LogP) is 14.1. The smallest absolute Gasteiger partial charge is 0.408 e. The van der Waals surface area contributed by atoms with Gasteiger partial charge in [0, 0.05) is 11.1 Å². The van der Waals surface area contributed by atoms with Crippen LogP contribution in [-0.4, -0.2) is 8.42 Å². The molecule has 0 atom stereocenters. The Labute approximate surface area is 336 Å². The van der Waals surface area contributed by atoms with E-state index in [4.69, 9.17) is 13.6 Å². The lowest BCUT2D eigenvalue weighted by Crippen LogP contribution is -2.16. The fourth-order valence-electron chi connectivity index (χ4n) is 6.70. The quantitative estimate of drug-likeness (QED) is 0.144. The van der Waals surface area contributed by atoms with Gasteiger partial charge in [0.1, 0.15) is 22.1 Å². The minimum Gasteiger partial charge on any atom is -0.408 e. The predicted molar refractivity (Wildman–Crippen MR) is 235 cm³/mol. The van der Waals surface area contributed by atoms with E-state index in [0.717, 1.165) is 38.2 Å². The van der Waals surface area contributed by atoms with E-state index in [0.29, 0.717) is 11.5 Å². The number of aryl methyl sites for hydroxylation is 1. The van der Waals surface area contributed by atoms with Crippen molar-refractivity contribution in [1.29, 1.82) is 0 Å². The summed E-state index contributed by atoms with van der Waals surface area (Å²) in [5.41, 5.74) is 4.82. The molecule has 0 fully saturated rings. The fourth-order valence-corrected chi connectivity index (χ4v) is 9.20. The summed E-state index contributed by atoms with van der Waals surface area (Å²) in [6.07, 6.45) is 0. The van der Waals surface area contributed by atoms with Crippen LogP contribution in [0.15, 0.2) is 119 Å². The molecule has 0 amide bonds. The lowest BCUT2D eigenvalue weighted by atomic mass is 9.83. The highest BCUT2D eigenvalue weighted by atomic mass is 32.2. The molecule has 294 valence electrons. The van der Waals surface area contributed by atoms with Crippen LogP contribution in [0, 0.1) is 6.92 Å². The highest BCUT2D eigenvalue weighted by molar-refractivity contribution is 7.91. The Morgan fingerprint density at radius 1 is 0.446 bits per heavy atom. The third-order valence-corrected chi connectivity index (χ3v) is 13.1. The van der Waals surface area contributed by atoms with Gasteiger partial charge in [-0.05, 0) is 110 Å². The molecule has 0 bridgehead atoms. The van der Waals surface area contributed by atoms with Gasteiger partial charge in [-0.2, -0.15) is 0 Å². The minimum absolute atomic E-state index is 0.00744. The number of rotatable bonds is 8. The van der Waals surface area contributed by atoms with E-state index in [9.17, 15) is 8.42 Å². The summed E-state index contributed by atoms with van der Waals surface area (Å²) >= 11 is 0. The summed E-state index contributed by atoms with van der Waals surface area (Å²) in [5.74, 6) is 1.39. The highest BCUT2D eigenvalue weighted by Crippen LogP contribution is 2.50. The molecule has 0 aliphatic rings. The Morgan fingerprint density at radius 3 is 1.30 bits per heavy atom. The molecule has 0 aliphatic carbocycles. The zero-order chi connectivity index (χ0) is 41.0. The van der Waals surface area contributed by atoms with Crippen molar-refractivity contribution in [3.05, 3.63) is 137 Å². The minimum atomic E-state index is -3.96. The fraction of sp³-hybridized carbons (Fsp3) is 0.347. The topological polar surface area (TPSA) is 61.8 Å². The molecule has 56 heavy (non-hydrogen) atoms. The molecule has 0 spiro atoms. The molecular formula is C49H57O5PS. The Balaban J connectivity index is 1.52. The lowest BCUT2D eigenvalue weighted by Gasteiger charge is -2.28. The Kier molecular flexibility index (Phi) is 10.9. The molecular weight excluding hydrogens is 732 g/mol. The Hall–Kier alpha value is -4.38. The number of para-hydroxylation sites is 1. The van der Waals surface area contributed by atoms with Crippen molar-refractivity contribution in [2.45, 2.75) is 121 Å². The number of benzene rings is 6. The third-order valence-electron chi connectivity index (χ3n) is 10.2. The molecule has 0 unspecified atom stereocenters. The van der Waals surface area contributed by atoms with E-state index in [1.807, 2.05) is 6.92 Å². The average molecular weight is 789 g/mol. The largest absolute Gasteiger partial charge is 0.530 e. The van der Waals surface area contributed by atoms with E-state index in [1.54, 1.807) is 48.5 Å². The van der Waals surface area contributed by atoms with E-state index >= 15 is 0 Å². The molecule has 6 aromatic rings. The van der Waals surface area contributed by atoms with Gasteiger partial charge in [-0.1, -0.05) is 149 Å². The second kappa shape index (κ2) is 14.8. The van der Waals surface area contributed by atoms with Crippen molar-refractivity contribution in [3.63, 3.8) is 0 Å². The molecule has 6 aromatic carbocycles. The molecule has 7 heteroatoms. The van der Waals surface area contributed by atoms with Crippen LogP contribution in [0.5, 0.6) is 17.2 Å². The van der Waals surface area contributed by atoms with Gasteiger partial charge in [0.05, 0.1) is 4.90 Å². The van der Waals surface area contributed by atoms with Gasteiger partial charge < -0.3 is 13.6 Å². The van der Waals surface area contributed by atoms with Crippen LogP contribution in [0.25, 0.3) is 21.5 Å². The number of hydrogen-bond acceptors (Lipinski definition) is 5. The first-order chi connectivity index (χ1) is 25.9. The first-order valence-electron chi connectivity index (χ1n) is 19.3. The van der Waals surface area contributed by atoms with Gasteiger partial charge >= 0.3 is 8.60 Å². The van der Waals surface area contributed by atoms with Crippen LogP contribution in [0.4, 0.5) is 0 Å². The molecule has 0 heterocycles. The first kappa shape index (κ1) is 41.3. The molecule has 0 aromatic heterocycles. The van der Waals surface area contributed by atoms with Crippen molar-refractivity contribution >= 4 is 40.0 Å². The highest BCUT2D eigenvalue weighted by Gasteiger charge is 2.32. The second-order valence-electron chi connectivity index (χ2n) is 19.1. The van der Waals surface area contributed by atoms with Gasteiger partial charge in [-0.3, -0.25) is 0 Å². The van der Waals surface area contributed by atoms with E-state index in [1.165, 1.54) is 11.1 Å². The van der Waals surface area contributed by atoms with Crippen molar-refractivity contribution in [1.82, 2.24) is 0 Å². The summed E-state index contributed by atoms with van der Waals surface area (Å²) in [5, 5.41) is 4.28. The molecule has 0 N–H and O–H groups in total. The monoisotopic (exact) mass is 788 g/mol. The molecule has 0 aliphatic heterocycles. The van der Waals surface area contributed by atoms with Crippen molar-refractivity contribution in [2.24, 2.45) is 0 Å². The summed E-state index contributed by atoms with van der Waals surface area (Å²) in [6, 6.07) is 35.2. The van der Waals surface area contributed by atoms with Crippen LogP contribution in [-0.2, 0) is 31.5 Å². The normalized spacial score (nSPS) is 13.0. The Morgan fingerprint density at radius 2 is 0.875 bits per heavy atom. The second-order valence-corrected chi connectivity index (χ2v) is 22.0. The van der Waals surface area contributed by atoms with Crippen LogP contribution in [0.2, 0.25) is 0 Å². The van der Waals surface area contributed by atoms with E-state index in [-0.39, 0.29) is 37.2 Å². The molecule has 0 saturated carbocycles. The lowest BCUT2D eigenvalue weighted by molar-refractivity contribution is 0.374. The molecule has 0 radical (unpaired) electrons.